The topological polar surface area (TPSA) is 115 Å². The minimum absolute atomic E-state index is 0.00957. The van der Waals surface area contributed by atoms with Crippen molar-refractivity contribution >= 4 is 16.0 Å². The van der Waals surface area contributed by atoms with Crippen molar-refractivity contribution in [3.8, 4) is 5.75 Å². The number of carboxylic acid groups (broad SMARTS) is 1. The van der Waals surface area contributed by atoms with Crippen LogP contribution in [0.15, 0.2) is 29.2 Å². The van der Waals surface area contributed by atoms with E-state index in [9.17, 15) is 18.3 Å². The number of sulfonamides is 1. The van der Waals surface area contributed by atoms with Crippen LogP contribution >= 0.6 is 0 Å². The average Bonchev–Trinajstić information content (AvgIpc) is 2.99. The van der Waals surface area contributed by atoms with Crippen LogP contribution in [0.5, 0.6) is 5.75 Å². The minimum atomic E-state index is -4.02. The SMILES string of the molecule is Cc1nnc2n1CC(C(=O)O)N(S(=O)(=O)c1ccc(OCC(C)C)cc1)C2. The van der Waals surface area contributed by atoms with Gasteiger partial charge < -0.3 is 14.4 Å². The van der Waals surface area contributed by atoms with E-state index in [2.05, 4.69) is 10.2 Å². The van der Waals surface area contributed by atoms with Crippen molar-refractivity contribution in [3.05, 3.63) is 35.9 Å². The average molecular weight is 394 g/mol. The zero-order chi connectivity index (χ0) is 19.8. The Labute approximate surface area is 157 Å². The van der Waals surface area contributed by atoms with Crippen LogP contribution in [0.1, 0.15) is 25.5 Å². The largest absolute Gasteiger partial charge is 0.493 e. The highest BCUT2D eigenvalue weighted by Crippen LogP contribution is 2.27. The van der Waals surface area contributed by atoms with Crippen molar-refractivity contribution in [2.24, 2.45) is 5.92 Å². The number of carboxylic acids is 1. The second kappa shape index (κ2) is 7.28. The van der Waals surface area contributed by atoms with E-state index in [1.54, 1.807) is 23.6 Å². The van der Waals surface area contributed by atoms with Gasteiger partial charge in [0, 0.05) is 0 Å². The van der Waals surface area contributed by atoms with Crippen LogP contribution in [0.3, 0.4) is 0 Å². The zero-order valence-corrected chi connectivity index (χ0v) is 16.2. The Hall–Kier alpha value is -2.46. The molecule has 0 radical (unpaired) electrons. The van der Waals surface area contributed by atoms with Crippen molar-refractivity contribution in [1.82, 2.24) is 19.1 Å². The van der Waals surface area contributed by atoms with Crippen LogP contribution in [0.25, 0.3) is 0 Å². The molecule has 3 rings (SSSR count). The molecular weight excluding hydrogens is 372 g/mol. The third-order valence-corrected chi connectivity index (χ3v) is 6.18. The molecule has 0 amide bonds. The van der Waals surface area contributed by atoms with E-state index >= 15 is 0 Å². The zero-order valence-electron chi connectivity index (χ0n) is 15.4. The number of hydrogen-bond acceptors (Lipinski definition) is 6. The summed E-state index contributed by atoms with van der Waals surface area (Å²) in [5, 5.41) is 17.4. The van der Waals surface area contributed by atoms with Gasteiger partial charge in [-0.2, -0.15) is 4.31 Å². The molecule has 10 heteroatoms. The van der Waals surface area contributed by atoms with Crippen molar-refractivity contribution in [2.45, 2.75) is 44.8 Å². The molecule has 1 unspecified atom stereocenters. The summed E-state index contributed by atoms with van der Waals surface area (Å²) in [4.78, 5) is 11.7. The molecule has 0 spiro atoms. The van der Waals surface area contributed by atoms with E-state index in [0.29, 0.717) is 29.9 Å². The molecule has 0 fully saturated rings. The fourth-order valence-electron chi connectivity index (χ4n) is 2.85. The third kappa shape index (κ3) is 3.81. The predicted molar refractivity (Wildman–Crippen MR) is 95.7 cm³/mol. The summed E-state index contributed by atoms with van der Waals surface area (Å²) >= 11 is 0. The Morgan fingerprint density at radius 1 is 1.30 bits per heavy atom. The molecule has 1 atom stereocenters. The predicted octanol–water partition coefficient (Wildman–Crippen LogP) is 1.28. The number of aromatic nitrogens is 3. The van der Waals surface area contributed by atoms with Gasteiger partial charge in [0.15, 0.2) is 0 Å². The van der Waals surface area contributed by atoms with Gasteiger partial charge >= 0.3 is 5.97 Å². The lowest BCUT2D eigenvalue weighted by molar-refractivity contribution is -0.142. The maximum atomic E-state index is 13.1. The molecule has 0 saturated carbocycles. The number of benzene rings is 1. The number of aryl methyl sites for hydroxylation is 1. The number of nitrogens with zero attached hydrogens (tertiary/aromatic N) is 4. The van der Waals surface area contributed by atoms with E-state index in [-0.39, 0.29) is 18.0 Å². The third-order valence-electron chi connectivity index (χ3n) is 4.31. The summed E-state index contributed by atoms with van der Waals surface area (Å²) in [5.41, 5.74) is 0. The van der Waals surface area contributed by atoms with Crippen LogP contribution in [-0.4, -0.2) is 51.2 Å². The minimum Gasteiger partial charge on any atom is -0.493 e. The number of hydrogen-bond donors (Lipinski definition) is 1. The number of rotatable bonds is 6. The highest BCUT2D eigenvalue weighted by Gasteiger charge is 2.41. The number of aliphatic carboxylic acids is 1. The lowest BCUT2D eigenvalue weighted by atomic mass is 10.2. The highest BCUT2D eigenvalue weighted by atomic mass is 32.2. The number of ether oxygens (including phenoxy) is 1. The van der Waals surface area contributed by atoms with E-state index in [1.165, 1.54) is 12.1 Å². The molecule has 1 aliphatic rings. The van der Waals surface area contributed by atoms with Gasteiger partial charge in [-0.05, 0) is 37.1 Å². The quantitative estimate of drug-likeness (QED) is 0.785. The van der Waals surface area contributed by atoms with Crippen molar-refractivity contribution < 1.29 is 23.1 Å². The standard InChI is InChI=1S/C17H22N4O5S/c1-11(2)10-26-13-4-6-14(7-5-13)27(24,25)21-9-16-19-18-12(3)20(16)8-15(21)17(22)23/h4-7,11,15H,8-10H2,1-3H3,(H,22,23). The first-order valence-electron chi connectivity index (χ1n) is 8.56. The van der Waals surface area contributed by atoms with Crippen LogP contribution in [0, 0.1) is 12.8 Å². The first kappa shape index (κ1) is 19.3. The molecule has 0 bridgehead atoms. The Morgan fingerprint density at radius 2 is 1.96 bits per heavy atom. The van der Waals surface area contributed by atoms with Gasteiger partial charge in [0.05, 0.1) is 24.6 Å². The molecule has 1 N–H and O–H groups in total. The summed E-state index contributed by atoms with van der Waals surface area (Å²) in [6, 6.07) is 4.76. The van der Waals surface area contributed by atoms with Gasteiger partial charge in [-0.3, -0.25) is 4.79 Å². The molecule has 9 nitrogen and oxygen atoms in total. The van der Waals surface area contributed by atoms with Gasteiger partial charge in [0.25, 0.3) is 0 Å². The Balaban J connectivity index is 1.89. The summed E-state index contributed by atoms with van der Waals surface area (Å²) in [5.74, 6) is 0.671. The first-order valence-corrected chi connectivity index (χ1v) is 10.0. The van der Waals surface area contributed by atoms with Crippen LogP contribution < -0.4 is 4.74 Å². The fourth-order valence-corrected chi connectivity index (χ4v) is 4.38. The molecule has 2 heterocycles. The molecule has 2 aromatic rings. The molecule has 1 aliphatic heterocycles. The first-order chi connectivity index (χ1) is 12.7. The molecule has 0 saturated heterocycles. The van der Waals surface area contributed by atoms with E-state index < -0.39 is 22.0 Å². The second-order valence-corrected chi connectivity index (χ2v) is 8.75. The molecular formula is C17H22N4O5S. The monoisotopic (exact) mass is 394 g/mol. The summed E-state index contributed by atoms with van der Waals surface area (Å²) < 4.78 is 34.3. The summed E-state index contributed by atoms with van der Waals surface area (Å²) in [6.07, 6.45) is 0. The van der Waals surface area contributed by atoms with Gasteiger partial charge in [0.2, 0.25) is 10.0 Å². The van der Waals surface area contributed by atoms with Crippen molar-refractivity contribution in [2.75, 3.05) is 6.61 Å². The summed E-state index contributed by atoms with van der Waals surface area (Å²) in [7, 11) is -4.02. The normalized spacial score (nSPS) is 17.7. The smallest absolute Gasteiger partial charge is 0.323 e. The maximum absolute atomic E-state index is 13.1. The maximum Gasteiger partial charge on any atom is 0.323 e. The highest BCUT2D eigenvalue weighted by molar-refractivity contribution is 7.89. The molecule has 27 heavy (non-hydrogen) atoms. The van der Waals surface area contributed by atoms with Gasteiger partial charge in [0.1, 0.15) is 23.4 Å². The fraction of sp³-hybridized carbons (Fsp3) is 0.471. The summed E-state index contributed by atoms with van der Waals surface area (Å²) in [6.45, 7) is 6.08. The second-order valence-electron chi connectivity index (χ2n) is 6.85. The van der Waals surface area contributed by atoms with Crippen molar-refractivity contribution in [1.29, 1.82) is 0 Å². The molecule has 146 valence electrons. The Morgan fingerprint density at radius 3 is 2.56 bits per heavy atom. The van der Waals surface area contributed by atoms with Crippen LogP contribution in [0.2, 0.25) is 0 Å². The van der Waals surface area contributed by atoms with Gasteiger partial charge in [-0.25, -0.2) is 8.42 Å². The number of carbonyl (C=O) groups is 1. The number of fused-ring (bicyclic) bond motifs is 1. The van der Waals surface area contributed by atoms with E-state index in [1.807, 2.05) is 13.8 Å². The Kier molecular flexibility index (Phi) is 5.20. The van der Waals surface area contributed by atoms with Gasteiger partial charge in [-0.1, -0.05) is 13.8 Å². The van der Waals surface area contributed by atoms with E-state index in [4.69, 9.17) is 4.74 Å². The van der Waals surface area contributed by atoms with E-state index in [0.717, 1.165) is 4.31 Å². The molecule has 1 aromatic heterocycles. The Bertz CT molecular complexity index is 937. The molecule has 1 aromatic carbocycles. The lowest BCUT2D eigenvalue weighted by Gasteiger charge is -2.32. The lowest BCUT2D eigenvalue weighted by Crippen LogP contribution is -2.50. The molecule has 0 aliphatic carbocycles. The van der Waals surface area contributed by atoms with Crippen LogP contribution in [-0.2, 0) is 27.9 Å². The van der Waals surface area contributed by atoms with Gasteiger partial charge in [-0.15, -0.1) is 10.2 Å². The van der Waals surface area contributed by atoms with Crippen molar-refractivity contribution in [3.63, 3.8) is 0 Å². The van der Waals surface area contributed by atoms with Crippen LogP contribution in [0.4, 0.5) is 0 Å².